The van der Waals surface area contributed by atoms with E-state index >= 15 is 0 Å². The van der Waals surface area contributed by atoms with Crippen molar-refractivity contribution >= 4 is 21.1 Å². The molecule has 1 saturated heterocycles. The molecule has 0 amide bonds. The van der Waals surface area contributed by atoms with Gasteiger partial charge in [-0.15, -0.1) is 0 Å². The molecule has 8 nitrogen and oxygen atoms in total. The van der Waals surface area contributed by atoms with Gasteiger partial charge in [-0.05, 0) is 30.5 Å². The molecule has 0 N–H and O–H groups in total. The van der Waals surface area contributed by atoms with Crippen LogP contribution in [0.25, 0.3) is 11.1 Å². The normalized spacial score (nSPS) is 22.3. The fourth-order valence-corrected chi connectivity index (χ4v) is 6.05. The Balaban J connectivity index is 1.53. The Morgan fingerprint density at radius 2 is 1.89 bits per heavy atom. The lowest BCUT2D eigenvalue weighted by molar-refractivity contribution is 0.186. The molecule has 2 aliphatic rings. The summed E-state index contributed by atoms with van der Waals surface area (Å²) in [7, 11) is -2.16. The number of sulfonamides is 1. The van der Waals surface area contributed by atoms with E-state index < -0.39 is 15.8 Å². The van der Waals surface area contributed by atoms with Crippen molar-refractivity contribution in [3.8, 4) is 0 Å². The highest BCUT2D eigenvalue weighted by Crippen LogP contribution is 2.37. The van der Waals surface area contributed by atoms with Crippen LogP contribution in [0.5, 0.6) is 0 Å². The van der Waals surface area contributed by atoms with E-state index in [1.165, 1.54) is 21.0 Å². The maximum Gasteiger partial charge on any atom is 0.419 e. The molecule has 4 heterocycles. The zero-order chi connectivity index (χ0) is 19.6. The Morgan fingerprint density at radius 3 is 2.71 bits per heavy atom. The minimum atomic E-state index is -3.74. The summed E-state index contributed by atoms with van der Waals surface area (Å²) in [6, 6.07) is 9.69. The molecule has 0 radical (unpaired) electrons. The second-order valence-electron chi connectivity index (χ2n) is 7.58. The van der Waals surface area contributed by atoms with Crippen molar-refractivity contribution in [1.82, 2.24) is 13.4 Å². The highest BCUT2D eigenvalue weighted by Gasteiger charge is 2.39. The molecule has 2 aliphatic heterocycles. The molecule has 2 aromatic heterocycles. The topological polar surface area (TPSA) is 94.5 Å². The second kappa shape index (κ2) is 5.92. The first-order valence-corrected chi connectivity index (χ1v) is 10.6. The van der Waals surface area contributed by atoms with Crippen LogP contribution in [0, 0.1) is 5.92 Å². The molecule has 28 heavy (non-hydrogen) atoms. The van der Waals surface area contributed by atoms with Gasteiger partial charge in [-0.1, -0.05) is 6.07 Å². The molecule has 0 unspecified atom stereocenters. The minimum Gasteiger partial charge on any atom is -0.408 e. The molecule has 1 aromatic carbocycles. The molecule has 2 bridgehead atoms. The molecule has 5 rings (SSSR count). The number of fused-ring (bicyclic) bond motifs is 5. The van der Waals surface area contributed by atoms with Crippen LogP contribution in [0.1, 0.15) is 18.0 Å². The van der Waals surface area contributed by atoms with E-state index in [0.29, 0.717) is 25.2 Å². The Bertz CT molecular complexity index is 1320. The van der Waals surface area contributed by atoms with Crippen LogP contribution in [0.15, 0.2) is 55.3 Å². The minimum absolute atomic E-state index is 0.00503. The van der Waals surface area contributed by atoms with E-state index in [0.717, 1.165) is 12.1 Å². The largest absolute Gasteiger partial charge is 0.419 e. The fraction of sp³-hybridized carbons (Fsp3) is 0.368. The third-order valence-corrected chi connectivity index (χ3v) is 7.68. The van der Waals surface area contributed by atoms with Gasteiger partial charge in [0.05, 0.1) is 10.4 Å². The van der Waals surface area contributed by atoms with Gasteiger partial charge in [-0.2, -0.15) is 4.31 Å². The smallest absolute Gasteiger partial charge is 0.408 e. The number of hydrogen-bond donors (Lipinski definition) is 0. The average molecular weight is 401 g/mol. The maximum absolute atomic E-state index is 13.3. The van der Waals surface area contributed by atoms with E-state index in [4.69, 9.17) is 4.42 Å². The predicted octanol–water partition coefficient (Wildman–Crippen LogP) is 1.10. The van der Waals surface area contributed by atoms with E-state index in [1.54, 1.807) is 29.8 Å². The van der Waals surface area contributed by atoms with E-state index in [-0.39, 0.29) is 27.9 Å². The first-order chi connectivity index (χ1) is 13.3. The number of aromatic nitrogens is 2. The fourth-order valence-electron chi connectivity index (χ4n) is 4.47. The van der Waals surface area contributed by atoms with Gasteiger partial charge in [0.25, 0.3) is 5.56 Å². The molecule has 9 heteroatoms. The van der Waals surface area contributed by atoms with Crippen molar-refractivity contribution in [3.63, 3.8) is 0 Å². The molecular weight excluding hydrogens is 382 g/mol. The van der Waals surface area contributed by atoms with Crippen molar-refractivity contribution in [2.75, 3.05) is 13.1 Å². The standard InChI is InChI=1S/C19H19N3O5S/c1-20-16-6-5-14(8-17(16)27-19(20)24)28(25,26)21-9-12-7-13(11-21)15-3-2-4-18(23)22(15)10-12/h2-6,8,12-13H,7,9-11H2,1H3/t12-,13+/m0/s1. The maximum atomic E-state index is 13.3. The lowest BCUT2D eigenvalue weighted by Gasteiger charge is -2.42. The van der Waals surface area contributed by atoms with Crippen molar-refractivity contribution in [1.29, 1.82) is 0 Å². The van der Waals surface area contributed by atoms with Gasteiger partial charge in [0.2, 0.25) is 10.0 Å². The van der Waals surface area contributed by atoms with Crippen molar-refractivity contribution in [2.24, 2.45) is 13.0 Å². The average Bonchev–Trinajstić information content (AvgIpc) is 2.96. The van der Waals surface area contributed by atoms with Crippen molar-refractivity contribution in [3.05, 3.63) is 63.0 Å². The van der Waals surface area contributed by atoms with Gasteiger partial charge < -0.3 is 8.98 Å². The number of oxazole rings is 1. The lowest BCUT2D eigenvalue weighted by atomic mass is 9.84. The molecule has 0 aliphatic carbocycles. The summed E-state index contributed by atoms with van der Waals surface area (Å²) in [6.45, 7) is 1.24. The van der Waals surface area contributed by atoms with Crippen molar-refractivity contribution < 1.29 is 12.8 Å². The van der Waals surface area contributed by atoms with E-state index in [2.05, 4.69) is 0 Å². The van der Waals surface area contributed by atoms with Gasteiger partial charge in [0.1, 0.15) is 0 Å². The molecule has 146 valence electrons. The van der Waals surface area contributed by atoms with Crippen LogP contribution in [-0.4, -0.2) is 34.9 Å². The van der Waals surface area contributed by atoms with Gasteiger partial charge in [0, 0.05) is 50.4 Å². The molecule has 3 aromatic rings. The van der Waals surface area contributed by atoms with Crippen LogP contribution in [0.2, 0.25) is 0 Å². The third-order valence-electron chi connectivity index (χ3n) is 5.85. The summed E-state index contributed by atoms with van der Waals surface area (Å²) in [4.78, 5) is 23.9. The summed E-state index contributed by atoms with van der Waals surface area (Å²) in [5.41, 5.74) is 1.66. The number of pyridine rings is 1. The summed E-state index contributed by atoms with van der Waals surface area (Å²) in [5.74, 6) is -0.437. The van der Waals surface area contributed by atoms with Gasteiger partial charge in [-0.3, -0.25) is 9.36 Å². The van der Waals surface area contributed by atoms with Gasteiger partial charge in [-0.25, -0.2) is 13.2 Å². The SMILES string of the molecule is Cn1c(=O)oc2cc(S(=O)(=O)N3C[C@@H]4C[C@H](C3)c3cccc(=O)n3C4)ccc21. The molecular formula is C19H19N3O5S. The highest BCUT2D eigenvalue weighted by molar-refractivity contribution is 7.89. The number of benzene rings is 1. The Hall–Kier alpha value is -2.65. The van der Waals surface area contributed by atoms with Crippen LogP contribution < -0.4 is 11.3 Å². The molecule has 0 spiro atoms. The van der Waals surface area contributed by atoms with Crippen LogP contribution >= 0.6 is 0 Å². The predicted molar refractivity (Wildman–Crippen MR) is 102 cm³/mol. The first-order valence-electron chi connectivity index (χ1n) is 9.14. The van der Waals surface area contributed by atoms with Crippen LogP contribution in [0.3, 0.4) is 0 Å². The van der Waals surface area contributed by atoms with Crippen LogP contribution in [-0.2, 0) is 23.6 Å². The summed E-state index contributed by atoms with van der Waals surface area (Å²) < 4.78 is 36.3. The summed E-state index contributed by atoms with van der Waals surface area (Å²) in [6.07, 6.45) is 0.877. The Labute approximate surface area is 160 Å². The number of nitrogens with zero attached hydrogens (tertiary/aromatic N) is 3. The third kappa shape index (κ3) is 2.50. The number of aryl methyl sites for hydroxylation is 1. The highest BCUT2D eigenvalue weighted by atomic mass is 32.2. The van der Waals surface area contributed by atoms with Crippen LogP contribution in [0.4, 0.5) is 0 Å². The van der Waals surface area contributed by atoms with Gasteiger partial charge in [0.15, 0.2) is 5.58 Å². The number of piperidine rings is 1. The molecule has 2 atom stereocenters. The quantitative estimate of drug-likeness (QED) is 0.641. The Kier molecular flexibility index (Phi) is 3.69. The van der Waals surface area contributed by atoms with E-state index in [1.807, 2.05) is 6.07 Å². The molecule has 0 saturated carbocycles. The zero-order valence-electron chi connectivity index (χ0n) is 15.2. The number of rotatable bonds is 2. The number of hydrogen-bond acceptors (Lipinski definition) is 5. The second-order valence-corrected chi connectivity index (χ2v) is 9.51. The summed E-state index contributed by atoms with van der Waals surface area (Å²) in [5, 5.41) is 0. The summed E-state index contributed by atoms with van der Waals surface area (Å²) >= 11 is 0. The van der Waals surface area contributed by atoms with E-state index in [9.17, 15) is 18.0 Å². The lowest BCUT2D eigenvalue weighted by Crippen LogP contribution is -2.48. The van der Waals surface area contributed by atoms with Crippen molar-refractivity contribution in [2.45, 2.75) is 23.8 Å². The Morgan fingerprint density at radius 1 is 1.07 bits per heavy atom. The molecule has 1 fully saturated rings. The monoisotopic (exact) mass is 401 g/mol. The first kappa shape index (κ1) is 17.4. The zero-order valence-corrected chi connectivity index (χ0v) is 16.1. The van der Waals surface area contributed by atoms with Gasteiger partial charge >= 0.3 is 5.76 Å².